The Balaban J connectivity index is 2.46. The van der Waals surface area contributed by atoms with Gasteiger partial charge in [-0.3, -0.25) is 4.79 Å². The minimum absolute atomic E-state index is 0.0361. The third kappa shape index (κ3) is 2.43. The average Bonchev–Trinajstić information content (AvgIpc) is 2.81. The van der Waals surface area contributed by atoms with Crippen molar-refractivity contribution in [2.45, 2.75) is 33.2 Å². The van der Waals surface area contributed by atoms with Crippen LogP contribution >= 0.6 is 15.9 Å². The molecule has 0 unspecified atom stereocenters. The van der Waals surface area contributed by atoms with E-state index in [1.807, 2.05) is 0 Å². The average molecular weight is 328 g/mol. The van der Waals surface area contributed by atoms with Crippen molar-refractivity contribution < 1.29 is 0 Å². The van der Waals surface area contributed by atoms with Crippen LogP contribution < -0.4 is 5.56 Å². The van der Waals surface area contributed by atoms with E-state index in [9.17, 15) is 4.79 Å². The summed E-state index contributed by atoms with van der Waals surface area (Å²) in [6, 6.07) is 0. The molecule has 2 aromatic heterocycles. The van der Waals surface area contributed by atoms with Crippen LogP contribution in [-0.2, 0) is 13.6 Å². The van der Waals surface area contributed by atoms with Crippen LogP contribution in [-0.4, -0.2) is 30.1 Å². The monoisotopic (exact) mass is 327 g/mol. The SMILES string of the molecule is CCC(CC)(CBr)Cn1nnc2c(cnn2C)c1=O. The number of nitrogens with zero attached hydrogens (tertiary/aromatic N) is 5. The van der Waals surface area contributed by atoms with E-state index in [4.69, 9.17) is 0 Å². The lowest BCUT2D eigenvalue weighted by molar-refractivity contribution is 0.239. The molecule has 19 heavy (non-hydrogen) atoms. The summed E-state index contributed by atoms with van der Waals surface area (Å²) in [7, 11) is 1.75. The number of alkyl halides is 1. The fourth-order valence-corrected chi connectivity index (χ4v) is 3.07. The van der Waals surface area contributed by atoms with E-state index in [0.29, 0.717) is 17.6 Å². The third-order valence-corrected chi connectivity index (χ3v) is 5.08. The molecule has 0 saturated carbocycles. The van der Waals surface area contributed by atoms with Crippen LogP contribution in [0.15, 0.2) is 11.0 Å². The molecule has 0 atom stereocenters. The molecule has 0 aliphatic carbocycles. The summed E-state index contributed by atoms with van der Waals surface area (Å²) in [6.45, 7) is 4.83. The van der Waals surface area contributed by atoms with Crippen molar-refractivity contribution in [2.75, 3.05) is 5.33 Å². The first-order valence-electron chi connectivity index (χ1n) is 6.38. The highest BCUT2D eigenvalue weighted by Crippen LogP contribution is 2.30. The van der Waals surface area contributed by atoms with Gasteiger partial charge in [-0.2, -0.15) is 5.10 Å². The van der Waals surface area contributed by atoms with Crippen LogP contribution in [0.25, 0.3) is 11.0 Å². The molecule has 2 aromatic rings. The third-order valence-electron chi connectivity index (χ3n) is 3.89. The van der Waals surface area contributed by atoms with Gasteiger partial charge in [0.1, 0.15) is 5.39 Å². The van der Waals surface area contributed by atoms with Crippen molar-refractivity contribution in [3.05, 3.63) is 16.6 Å². The topological polar surface area (TPSA) is 65.6 Å². The number of rotatable bonds is 5. The van der Waals surface area contributed by atoms with Crippen LogP contribution in [0.1, 0.15) is 26.7 Å². The first-order chi connectivity index (χ1) is 9.06. The molecule has 0 fully saturated rings. The Morgan fingerprint density at radius 2 is 2.05 bits per heavy atom. The van der Waals surface area contributed by atoms with E-state index in [1.165, 1.54) is 4.68 Å². The highest BCUT2D eigenvalue weighted by Gasteiger charge is 2.27. The van der Waals surface area contributed by atoms with Gasteiger partial charge in [0.25, 0.3) is 5.56 Å². The molecule has 2 heterocycles. The van der Waals surface area contributed by atoms with Gasteiger partial charge in [0, 0.05) is 12.4 Å². The van der Waals surface area contributed by atoms with Crippen LogP contribution in [0.2, 0.25) is 0 Å². The summed E-state index contributed by atoms with van der Waals surface area (Å²) >= 11 is 3.55. The van der Waals surface area contributed by atoms with Crippen molar-refractivity contribution in [1.82, 2.24) is 24.8 Å². The van der Waals surface area contributed by atoms with Gasteiger partial charge < -0.3 is 0 Å². The lowest BCUT2D eigenvalue weighted by Gasteiger charge is -2.29. The Morgan fingerprint density at radius 3 is 2.63 bits per heavy atom. The van der Waals surface area contributed by atoms with Crippen molar-refractivity contribution >= 4 is 27.0 Å². The zero-order valence-corrected chi connectivity index (χ0v) is 13.0. The lowest BCUT2D eigenvalue weighted by atomic mass is 9.85. The van der Waals surface area contributed by atoms with E-state index in [-0.39, 0.29) is 11.0 Å². The van der Waals surface area contributed by atoms with Gasteiger partial charge in [0.2, 0.25) is 0 Å². The fraction of sp³-hybridized carbons (Fsp3) is 0.667. The molecule has 0 aliphatic rings. The smallest absolute Gasteiger partial charge is 0.267 e. The second-order valence-electron chi connectivity index (χ2n) is 4.90. The molecule has 2 rings (SSSR count). The molecule has 0 bridgehead atoms. The van der Waals surface area contributed by atoms with E-state index in [0.717, 1.165) is 18.2 Å². The zero-order valence-electron chi connectivity index (χ0n) is 11.4. The Bertz CT molecular complexity index is 620. The summed E-state index contributed by atoms with van der Waals surface area (Å²) in [5.74, 6) is 0. The molecular formula is C12H18BrN5O. The van der Waals surface area contributed by atoms with Gasteiger partial charge in [-0.15, -0.1) is 5.10 Å². The quantitative estimate of drug-likeness (QED) is 0.784. The van der Waals surface area contributed by atoms with Crippen LogP contribution in [0.5, 0.6) is 0 Å². The van der Waals surface area contributed by atoms with Gasteiger partial charge in [0.05, 0.1) is 12.7 Å². The largest absolute Gasteiger partial charge is 0.280 e. The van der Waals surface area contributed by atoms with Gasteiger partial charge in [-0.05, 0) is 18.3 Å². The molecule has 0 aromatic carbocycles. The van der Waals surface area contributed by atoms with E-state index in [2.05, 4.69) is 45.2 Å². The van der Waals surface area contributed by atoms with Gasteiger partial charge in [-0.25, -0.2) is 9.36 Å². The van der Waals surface area contributed by atoms with E-state index < -0.39 is 0 Å². The van der Waals surface area contributed by atoms with Crippen LogP contribution in [0.4, 0.5) is 0 Å². The van der Waals surface area contributed by atoms with Crippen molar-refractivity contribution in [3.8, 4) is 0 Å². The summed E-state index contributed by atoms with van der Waals surface area (Å²) in [6.07, 6.45) is 3.51. The highest BCUT2D eigenvalue weighted by molar-refractivity contribution is 9.09. The number of hydrogen-bond acceptors (Lipinski definition) is 4. The van der Waals surface area contributed by atoms with Crippen molar-refractivity contribution in [2.24, 2.45) is 12.5 Å². The fourth-order valence-electron chi connectivity index (χ4n) is 2.10. The maximum Gasteiger partial charge on any atom is 0.280 e. The van der Waals surface area contributed by atoms with Crippen molar-refractivity contribution in [1.29, 1.82) is 0 Å². The zero-order chi connectivity index (χ0) is 14.0. The molecule has 0 aliphatic heterocycles. The molecule has 0 radical (unpaired) electrons. The number of aromatic nitrogens is 5. The second-order valence-corrected chi connectivity index (χ2v) is 5.46. The summed E-state index contributed by atoms with van der Waals surface area (Å²) < 4.78 is 3.02. The maximum absolute atomic E-state index is 12.4. The maximum atomic E-state index is 12.4. The number of hydrogen-bond donors (Lipinski definition) is 0. The molecule has 6 nitrogen and oxygen atoms in total. The first-order valence-corrected chi connectivity index (χ1v) is 7.50. The summed E-state index contributed by atoms with van der Waals surface area (Å²) in [5.41, 5.74) is 0.443. The molecule has 104 valence electrons. The molecule has 0 saturated heterocycles. The molecular weight excluding hydrogens is 310 g/mol. The van der Waals surface area contributed by atoms with Gasteiger partial charge >= 0.3 is 0 Å². The number of aryl methyl sites for hydroxylation is 1. The normalized spacial score (nSPS) is 12.2. The Morgan fingerprint density at radius 1 is 1.37 bits per heavy atom. The van der Waals surface area contributed by atoms with E-state index in [1.54, 1.807) is 17.9 Å². The molecule has 0 amide bonds. The minimum Gasteiger partial charge on any atom is -0.267 e. The Hall–Kier alpha value is -1.24. The Kier molecular flexibility index (Phi) is 4.03. The predicted octanol–water partition coefficient (Wildman–Crippen LogP) is 1.73. The molecule has 7 heteroatoms. The van der Waals surface area contributed by atoms with Gasteiger partial charge in [-0.1, -0.05) is 35.0 Å². The van der Waals surface area contributed by atoms with Crippen LogP contribution in [0.3, 0.4) is 0 Å². The lowest BCUT2D eigenvalue weighted by Crippen LogP contribution is -2.35. The van der Waals surface area contributed by atoms with E-state index >= 15 is 0 Å². The number of fused-ring (bicyclic) bond motifs is 1. The predicted molar refractivity (Wildman–Crippen MR) is 77.4 cm³/mol. The van der Waals surface area contributed by atoms with Crippen LogP contribution in [0, 0.1) is 5.41 Å². The Labute approximate surface area is 119 Å². The highest BCUT2D eigenvalue weighted by atomic mass is 79.9. The first kappa shape index (κ1) is 14.2. The standard InChI is InChI=1S/C12H18BrN5O/c1-4-12(5-2,7-13)8-18-11(19)9-6-14-17(3)10(9)15-16-18/h6H,4-5,7-8H2,1-3H3. The second kappa shape index (κ2) is 5.40. The van der Waals surface area contributed by atoms with Crippen molar-refractivity contribution in [3.63, 3.8) is 0 Å². The summed E-state index contributed by atoms with van der Waals surface area (Å²) in [5, 5.41) is 13.5. The minimum atomic E-state index is -0.120. The van der Waals surface area contributed by atoms with Gasteiger partial charge in [0.15, 0.2) is 5.65 Å². The molecule has 0 spiro atoms. The molecule has 0 N–H and O–H groups in total. The number of halogens is 1. The summed E-state index contributed by atoms with van der Waals surface area (Å²) in [4.78, 5) is 12.4.